The van der Waals surface area contributed by atoms with Crippen LogP contribution in [0.3, 0.4) is 0 Å². The molecule has 1 N–H and O–H groups in total. The maximum absolute atomic E-state index is 12.5. The van der Waals surface area contributed by atoms with Gasteiger partial charge in [0.15, 0.2) is 0 Å². The molecular formula is C16H24N4O2. The lowest BCUT2D eigenvalue weighted by Gasteiger charge is -2.26. The zero-order valence-electron chi connectivity index (χ0n) is 13.0. The summed E-state index contributed by atoms with van der Waals surface area (Å²) in [4.78, 5) is 22.7. The molecule has 22 heavy (non-hydrogen) atoms. The van der Waals surface area contributed by atoms with Crippen molar-refractivity contribution < 1.29 is 9.53 Å². The number of anilines is 1. The number of carbonyl (C=O) groups is 1. The van der Waals surface area contributed by atoms with Gasteiger partial charge >= 0.3 is 0 Å². The molecule has 3 rings (SSSR count). The first-order valence-electron chi connectivity index (χ1n) is 8.28. The Morgan fingerprint density at radius 2 is 1.86 bits per heavy atom. The van der Waals surface area contributed by atoms with Crippen molar-refractivity contribution in [1.29, 1.82) is 0 Å². The largest absolute Gasteiger partial charge is 0.378 e. The number of rotatable bonds is 3. The number of nitrogens with zero attached hydrogens (tertiary/aromatic N) is 3. The number of morpholine rings is 1. The van der Waals surface area contributed by atoms with Gasteiger partial charge in [0.25, 0.3) is 5.91 Å². The van der Waals surface area contributed by atoms with E-state index in [4.69, 9.17) is 4.74 Å². The molecule has 1 aromatic heterocycles. The van der Waals surface area contributed by atoms with Crippen LogP contribution in [0.4, 0.5) is 5.82 Å². The lowest BCUT2D eigenvalue weighted by atomic mass is 10.1. The van der Waals surface area contributed by atoms with E-state index in [1.165, 1.54) is 44.9 Å². The molecule has 1 aliphatic heterocycles. The fourth-order valence-electron chi connectivity index (χ4n) is 3.11. The van der Waals surface area contributed by atoms with Crippen molar-refractivity contribution in [2.24, 2.45) is 0 Å². The molecule has 0 unspecified atom stereocenters. The van der Waals surface area contributed by atoms with E-state index in [2.05, 4.69) is 15.3 Å². The van der Waals surface area contributed by atoms with Gasteiger partial charge in [0.05, 0.1) is 13.2 Å². The molecule has 0 bridgehead atoms. The zero-order chi connectivity index (χ0) is 15.2. The maximum Gasteiger partial charge on any atom is 0.272 e. The fourth-order valence-corrected chi connectivity index (χ4v) is 3.11. The van der Waals surface area contributed by atoms with E-state index < -0.39 is 0 Å². The third kappa shape index (κ3) is 3.94. The molecule has 0 radical (unpaired) electrons. The lowest BCUT2D eigenvalue weighted by molar-refractivity contribution is 0.0299. The summed E-state index contributed by atoms with van der Waals surface area (Å²) >= 11 is 0. The Balaban J connectivity index is 1.64. The summed E-state index contributed by atoms with van der Waals surface area (Å²) in [5.41, 5.74) is 0.466. The summed E-state index contributed by atoms with van der Waals surface area (Å²) in [5, 5.41) is 3.47. The summed E-state index contributed by atoms with van der Waals surface area (Å²) in [6.07, 6.45) is 9.01. The smallest absolute Gasteiger partial charge is 0.272 e. The molecule has 0 spiro atoms. The fraction of sp³-hybridized carbons (Fsp3) is 0.688. The average Bonchev–Trinajstić information content (AvgIpc) is 2.84. The standard InChI is InChI=1S/C16H24N4O2/c21-16(20-7-9-22-10-8-20)14-11-15(18-12-17-14)19-13-5-3-1-2-4-6-13/h11-13H,1-10H2,(H,17,18,19). The van der Waals surface area contributed by atoms with Crippen LogP contribution in [0.25, 0.3) is 0 Å². The first-order valence-corrected chi connectivity index (χ1v) is 8.28. The highest BCUT2D eigenvalue weighted by molar-refractivity contribution is 5.92. The van der Waals surface area contributed by atoms with Gasteiger partial charge in [0, 0.05) is 25.2 Å². The van der Waals surface area contributed by atoms with Crippen LogP contribution in [0.1, 0.15) is 49.0 Å². The van der Waals surface area contributed by atoms with Gasteiger partial charge in [-0.1, -0.05) is 25.7 Å². The van der Waals surface area contributed by atoms with Gasteiger partial charge in [0.2, 0.25) is 0 Å². The van der Waals surface area contributed by atoms with Gasteiger partial charge in [-0.3, -0.25) is 4.79 Å². The van der Waals surface area contributed by atoms with Crippen molar-refractivity contribution in [2.75, 3.05) is 31.6 Å². The summed E-state index contributed by atoms with van der Waals surface area (Å²) in [5.74, 6) is 0.730. The quantitative estimate of drug-likeness (QED) is 0.866. The van der Waals surface area contributed by atoms with Gasteiger partial charge < -0.3 is 15.0 Å². The second-order valence-electron chi connectivity index (χ2n) is 6.03. The lowest BCUT2D eigenvalue weighted by Crippen LogP contribution is -2.41. The van der Waals surface area contributed by atoms with Gasteiger partial charge in [-0.25, -0.2) is 9.97 Å². The second kappa shape index (κ2) is 7.54. The van der Waals surface area contributed by atoms with E-state index in [0.717, 1.165) is 5.82 Å². The van der Waals surface area contributed by atoms with Crippen molar-refractivity contribution in [3.8, 4) is 0 Å². The number of carbonyl (C=O) groups excluding carboxylic acids is 1. The Bertz CT molecular complexity index is 495. The minimum Gasteiger partial charge on any atom is -0.378 e. The van der Waals surface area contributed by atoms with Crippen molar-refractivity contribution in [3.63, 3.8) is 0 Å². The number of nitrogens with one attached hydrogen (secondary N) is 1. The topological polar surface area (TPSA) is 67.4 Å². The van der Waals surface area contributed by atoms with Crippen LogP contribution in [0.5, 0.6) is 0 Å². The van der Waals surface area contributed by atoms with Gasteiger partial charge in [0.1, 0.15) is 17.8 Å². The summed E-state index contributed by atoms with van der Waals surface area (Å²) in [6.45, 7) is 2.47. The highest BCUT2D eigenvalue weighted by atomic mass is 16.5. The summed E-state index contributed by atoms with van der Waals surface area (Å²) in [6, 6.07) is 2.24. The third-order valence-corrected chi connectivity index (χ3v) is 4.39. The SMILES string of the molecule is O=C(c1cc(NC2CCCCCC2)ncn1)N1CCOCC1. The van der Waals surface area contributed by atoms with Crippen molar-refractivity contribution in [1.82, 2.24) is 14.9 Å². The van der Waals surface area contributed by atoms with Crippen LogP contribution in [0.15, 0.2) is 12.4 Å². The van der Waals surface area contributed by atoms with E-state index in [1.807, 2.05) is 0 Å². The maximum atomic E-state index is 12.5. The highest BCUT2D eigenvalue weighted by Gasteiger charge is 2.20. The Kier molecular flexibility index (Phi) is 5.21. The number of hydrogen-bond acceptors (Lipinski definition) is 5. The molecule has 0 atom stereocenters. The van der Waals surface area contributed by atoms with Crippen LogP contribution in [-0.4, -0.2) is 53.1 Å². The summed E-state index contributed by atoms with van der Waals surface area (Å²) in [7, 11) is 0. The Morgan fingerprint density at radius 3 is 2.59 bits per heavy atom. The molecule has 0 aromatic carbocycles. The van der Waals surface area contributed by atoms with Crippen molar-refractivity contribution in [2.45, 2.75) is 44.6 Å². The van der Waals surface area contributed by atoms with E-state index in [9.17, 15) is 4.79 Å². The minimum atomic E-state index is -0.0328. The molecular weight excluding hydrogens is 280 g/mol. The normalized spacial score (nSPS) is 20.5. The van der Waals surface area contributed by atoms with Crippen LogP contribution < -0.4 is 5.32 Å². The minimum absolute atomic E-state index is 0.0328. The molecule has 1 saturated carbocycles. The molecule has 120 valence electrons. The van der Waals surface area contributed by atoms with Crippen LogP contribution >= 0.6 is 0 Å². The second-order valence-corrected chi connectivity index (χ2v) is 6.03. The monoisotopic (exact) mass is 304 g/mol. The van der Waals surface area contributed by atoms with Gasteiger partial charge in [-0.05, 0) is 12.8 Å². The Hall–Kier alpha value is -1.69. The van der Waals surface area contributed by atoms with Crippen LogP contribution in [-0.2, 0) is 4.74 Å². The van der Waals surface area contributed by atoms with E-state index in [1.54, 1.807) is 11.0 Å². The molecule has 1 amide bonds. The molecule has 1 aromatic rings. The number of aromatic nitrogens is 2. The van der Waals surface area contributed by atoms with E-state index >= 15 is 0 Å². The predicted molar refractivity (Wildman–Crippen MR) is 83.9 cm³/mol. The number of hydrogen-bond donors (Lipinski definition) is 1. The van der Waals surface area contributed by atoms with Crippen LogP contribution in [0, 0.1) is 0 Å². The molecule has 6 nitrogen and oxygen atoms in total. The Morgan fingerprint density at radius 1 is 1.14 bits per heavy atom. The van der Waals surface area contributed by atoms with E-state index in [0.29, 0.717) is 38.0 Å². The average molecular weight is 304 g/mol. The highest BCUT2D eigenvalue weighted by Crippen LogP contribution is 2.20. The first kappa shape index (κ1) is 15.2. The molecule has 2 aliphatic rings. The van der Waals surface area contributed by atoms with Crippen molar-refractivity contribution in [3.05, 3.63) is 18.1 Å². The Labute approximate surface area is 131 Å². The number of amides is 1. The van der Waals surface area contributed by atoms with Crippen LogP contribution in [0.2, 0.25) is 0 Å². The van der Waals surface area contributed by atoms with E-state index in [-0.39, 0.29) is 5.91 Å². The molecule has 2 fully saturated rings. The molecule has 6 heteroatoms. The molecule has 1 aliphatic carbocycles. The van der Waals surface area contributed by atoms with Gasteiger partial charge in [-0.2, -0.15) is 0 Å². The number of ether oxygens (including phenoxy) is 1. The molecule has 2 heterocycles. The summed E-state index contributed by atoms with van der Waals surface area (Å²) < 4.78 is 5.28. The molecule has 1 saturated heterocycles. The zero-order valence-corrected chi connectivity index (χ0v) is 13.0. The first-order chi connectivity index (χ1) is 10.8. The van der Waals surface area contributed by atoms with Gasteiger partial charge in [-0.15, -0.1) is 0 Å². The predicted octanol–water partition coefficient (Wildman–Crippen LogP) is 2.08. The van der Waals surface area contributed by atoms with Crippen molar-refractivity contribution >= 4 is 11.7 Å². The third-order valence-electron chi connectivity index (χ3n) is 4.39.